The Morgan fingerprint density at radius 2 is 1.65 bits per heavy atom. The van der Waals surface area contributed by atoms with Crippen molar-refractivity contribution in [2.45, 2.75) is 38.3 Å². The summed E-state index contributed by atoms with van der Waals surface area (Å²) in [6.45, 7) is 0.270. The smallest absolute Gasteiger partial charge is 0.407 e. The highest BCUT2D eigenvalue weighted by Crippen LogP contribution is 2.18. The molecular formula is C32H31ClN4O6. The monoisotopic (exact) mass is 602 g/mol. The number of ether oxygens (including phenoxy) is 1. The summed E-state index contributed by atoms with van der Waals surface area (Å²) in [5.74, 6) is -1.96. The van der Waals surface area contributed by atoms with Crippen LogP contribution in [0.4, 0.5) is 10.5 Å². The van der Waals surface area contributed by atoms with Crippen molar-refractivity contribution in [3.8, 4) is 0 Å². The number of nitrogens with zero attached hydrogens (tertiary/aromatic N) is 1. The summed E-state index contributed by atoms with van der Waals surface area (Å²) in [6, 6.07) is 23.6. The molecule has 0 bridgehead atoms. The van der Waals surface area contributed by atoms with E-state index in [1.165, 1.54) is 0 Å². The summed E-state index contributed by atoms with van der Waals surface area (Å²) < 4.78 is 5.22. The second-order valence-corrected chi connectivity index (χ2v) is 10.2. The Balaban J connectivity index is 1.39. The molecule has 1 aromatic heterocycles. The zero-order valence-electron chi connectivity index (χ0n) is 23.2. The van der Waals surface area contributed by atoms with Crippen LogP contribution in [0.15, 0.2) is 84.9 Å². The molecule has 1 heterocycles. The SMILES string of the molecule is O=C(O)CCc1ccccc1NC(=O)[C@H](CCCNC(=O)OCc1ccc(Cl)cc1)NC(=O)c1ccc2ccccc2n1. The molecule has 0 saturated heterocycles. The first-order chi connectivity index (χ1) is 20.8. The van der Waals surface area contributed by atoms with Gasteiger partial charge in [0.15, 0.2) is 0 Å². The number of aryl methyl sites for hydroxylation is 1. The number of aliphatic carboxylic acids is 1. The maximum Gasteiger partial charge on any atom is 0.407 e. The van der Waals surface area contributed by atoms with Crippen molar-refractivity contribution in [3.05, 3.63) is 107 Å². The largest absolute Gasteiger partial charge is 0.481 e. The average molecular weight is 603 g/mol. The molecule has 0 fully saturated rings. The summed E-state index contributed by atoms with van der Waals surface area (Å²) >= 11 is 5.87. The topological polar surface area (TPSA) is 147 Å². The van der Waals surface area contributed by atoms with E-state index in [4.69, 9.17) is 21.4 Å². The van der Waals surface area contributed by atoms with Crippen LogP contribution in [0.3, 0.4) is 0 Å². The van der Waals surface area contributed by atoms with Crippen LogP contribution in [-0.2, 0) is 27.4 Å². The molecule has 0 aliphatic carbocycles. The Morgan fingerprint density at radius 3 is 2.44 bits per heavy atom. The van der Waals surface area contributed by atoms with Gasteiger partial charge in [-0.1, -0.05) is 66.2 Å². The van der Waals surface area contributed by atoms with Crippen LogP contribution in [0, 0.1) is 0 Å². The lowest BCUT2D eigenvalue weighted by Gasteiger charge is -2.20. The molecule has 0 unspecified atom stereocenters. The number of anilines is 1. The molecule has 11 heteroatoms. The molecule has 0 saturated carbocycles. The van der Waals surface area contributed by atoms with Crippen molar-refractivity contribution < 1.29 is 29.0 Å². The van der Waals surface area contributed by atoms with Gasteiger partial charge in [0.2, 0.25) is 5.91 Å². The minimum Gasteiger partial charge on any atom is -0.481 e. The molecule has 0 radical (unpaired) electrons. The van der Waals surface area contributed by atoms with E-state index in [0.29, 0.717) is 28.2 Å². The Labute approximate surface area is 253 Å². The van der Waals surface area contributed by atoms with Gasteiger partial charge in [0, 0.05) is 29.1 Å². The highest BCUT2D eigenvalue weighted by atomic mass is 35.5. The van der Waals surface area contributed by atoms with Crippen molar-refractivity contribution in [1.82, 2.24) is 15.6 Å². The number of para-hydroxylation sites is 2. The number of carbonyl (C=O) groups excluding carboxylic acids is 3. The molecule has 4 N–H and O–H groups in total. The average Bonchev–Trinajstić information content (AvgIpc) is 3.01. The molecule has 10 nitrogen and oxygen atoms in total. The van der Waals surface area contributed by atoms with E-state index in [0.717, 1.165) is 10.9 Å². The number of alkyl carbamates (subject to hydrolysis) is 1. The third-order valence-corrected chi connectivity index (χ3v) is 6.81. The number of amides is 3. The minimum absolute atomic E-state index is 0.0735. The van der Waals surface area contributed by atoms with Gasteiger partial charge < -0.3 is 25.8 Å². The van der Waals surface area contributed by atoms with E-state index in [1.54, 1.807) is 66.7 Å². The van der Waals surface area contributed by atoms with Gasteiger partial charge in [0.05, 0.1) is 5.52 Å². The third-order valence-electron chi connectivity index (χ3n) is 6.56. The van der Waals surface area contributed by atoms with Gasteiger partial charge in [-0.05, 0) is 60.7 Å². The fraction of sp³-hybridized carbons (Fsp3) is 0.219. The predicted molar refractivity (Wildman–Crippen MR) is 163 cm³/mol. The highest BCUT2D eigenvalue weighted by Gasteiger charge is 2.23. The number of aromatic nitrogens is 1. The number of halogens is 1. The number of rotatable bonds is 13. The molecule has 3 amide bonds. The lowest BCUT2D eigenvalue weighted by atomic mass is 10.1. The van der Waals surface area contributed by atoms with Gasteiger partial charge in [0.25, 0.3) is 5.91 Å². The van der Waals surface area contributed by atoms with Gasteiger partial charge in [-0.2, -0.15) is 0 Å². The van der Waals surface area contributed by atoms with Crippen molar-refractivity contribution in [2.24, 2.45) is 0 Å². The molecule has 3 aromatic carbocycles. The summed E-state index contributed by atoms with van der Waals surface area (Å²) in [4.78, 5) is 54.2. The number of nitrogens with one attached hydrogen (secondary N) is 3. The summed E-state index contributed by atoms with van der Waals surface area (Å²) in [6.07, 6.45) is 0.0552. The third kappa shape index (κ3) is 9.54. The summed E-state index contributed by atoms with van der Waals surface area (Å²) in [5, 5.41) is 18.8. The number of benzene rings is 3. The lowest BCUT2D eigenvalue weighted by Crippen LogP contribution is -2.44. The maximum absolute atomic E-state index is 13.4. The standard InChI is InChI=1S/C32H31ClN4O6/c33-24-15-11-21(12-16-24)20-43-32(42)34-19-5-10-27(30(40)36-26-9-4-2-7-23(26)14-18-29(38)39)37-31(41)28-17-13-22-6-1-3-8-25(22)35-28/h1-4,6-9,11-13,15-17,27H,5,10,14,18-20H2,(H,34,42)(H,36,40)(H,37,41)(H,38,39)/t27-/m0/s1. The second-order valence-electron chi connectivity index (χ2n) is 9.73. The van der Waals surface area contributed by atoms with Gasteiger partial charge in [-0.15, -0.1) is 0 Å². The minimum atomic E-state index is -0.972. The molecule has 222 valence electrons. The van der Waals surface area contributed by atoms with Gasteiger partial charge in [-0.25, -0.2) is 9.78 Å². The van der Waals surface area contributed by atoms with E-state index in [9.17, 15) is 19.2 Å². The second kappa shape index (κ2) is 15.3. The first-order valence-corrected chi connectivity index (χ1v) is 14.1. The lowest BCUT2D eigenvalue weighted by molar-refractivity contribution is -0.137. The quantitative estimate of drug-likeness (QED) is 0.151. The van der Waals surface area contributed by atoms with Crippen LogP contribution in [-0.4, -0.2) is 46.6 Å². The van der Waals surface area contributed by atoms with Crippen molar-refractivity contribution in [2.75, 3.05) is 11.9 Å². The Hall–Kier alpha value is -4.96. The van der Waals surface area contributed by atoms with Gasteiger partial charge in [0.1, 0.15) is 18.3 Å². The number of carboxylic acid groups (broad SMARTS) is 1. The predicted octanol–water partition coefficient (Wildman–Crippen LogP) is 5.35. The molecule has 0 aliphatic heterocycles. The molecule has 4 rings (SSSR count). The van der Waals surface area contributed by atoms with Crippen LogP contribution in [0.1, 0.15) is 40.9 Å². The number of hydrogen-bond acceptors (Lipinski definition) is 6. The summed E-state index contributed by atoms with van der Waals surface area (Å²) in [5.41, 5.74) is 2.70. The number of carbonyl (C=O) groups is 4. The van der Waals surface area contributed by atoms with Crippen molar-refractivity contribution >= 4 is 52.1 Å². The van der Waals surface area contributed by atoms with E-state index in [1.807, 2.05) is 18.2 Å². The number of pyridine rings is 1. The molecule has 4 aromatic rings. The maximum atomic E-state index is 13.4. The zero-order chi connectivity index (χ0) is 30.6. The molecule has 0 aliphatic rings. The Kier molecular flexibility index (Phi) is 11.0. The van der Waals surface area contributed by atoms with Crippen LogP contribution in [0.2, 0.25) is 5.02 Å². The van der Waals surface area contributed by atoms with E-state index >= 15 is 0 Å². The number of fused-ring (bicyclic) bond motifs is 1. The van der Waals surface area contributed by atoms with E-state index in [-0.39, 0.29) is 38.1 Å². The molecule has 0 spiro atoms. The first-order valence-electron chi connectivity index (χ1n) is 13.7. The first kappa shape index (κ1) is 31.0. The summed E-state index contributed by atoms with van der Waals surface area (Å²) in [7, 11) is 0. The highest BCUT2D eigenvalue weighted by molar-refractivity contribution is 6.30. The van der Waals surface area contributed by atoms with E-state index < -0.39 is 29.9 Å². The Morgan fingerprint density at radius 1 is 0.907 bits per heavy atom. The van der Waals surface area contributed by atoms with Crippen molar-refractivity contribution in [3.63, 3.8) is 0 Å². The molecular weight excluding hydrogens is 572 g/mol. The normalized spacial score (nSPS) is 11.4. The fourth-order valence-electron chi connectivity index (χ4n) is 4.29. The molecule has 43 heavy (non-hydrogen) atoms. The van der Waals surface area contributed by atoms with E-state index in [2.05, 4.69) is 20.9 Å². The van der Waals surface area contributed by atoms with Crippen LogP contribution in [0.25, 0.3) is 10.9 Å². The van der Waals surface area contributed by atoms with Crippen LogP contribution < -0.4 is 16.0 Å². The van der Waals surface area contributed by atoms with Crippen LogP contribution >= 0.6 is 11.6 Å². The number of hydrogen-bond donors (Lipinski definition) is 4. The fourth-order valence-corrected chi connectivity index (χ4v) is 4.42. The van der Waals surface area contributed by atoms with Gasteiger partial charge in [-0.3, -0.25) is 14.4 Å². The van der Waals surface area contributed by atoms with Crippen molar-refractivity contribution in [1.29, 1.82) is 0 Å². The number of carboxylic acids is 1. The zero-order valence-corrected chi connectivity index (χ0v) is 24.0. The Bertz CT molecular complexity index is 1590. The van der Waals surface area contributed by atoms with Gasteiger partial charge >= 0.3 is 12.1 Å². The van der Waals surface area contributed by atoms with Crippen LogP contribution in [0.5, 0.6) is 0 Å². The molecule has 1 atom stereocenters.